The summed E-state index contributed by atoms with van der Waals surface area (Å²) in [5.74, 6) is -0.253. The molecule has 3 aromatic rings. The molecular formula is C23H18F6O3. The van der Waals surface area contributed by atoms with E-state index in [0.29, 0.717) is 10.9 Å². The Morgan fingerprint density at radius 3 is 2.09 bits per heavy atom. The minimum atomic E-state index is -5.50. The number of rotatable bonds is 5. The van der Waals surface area contributed by atoms with Gasteiger partial charge in [-0.05, 0) is 42.2 Å². The van der Waals surface area contributed by atoms with Gasteiger partial charge in [0.25, 0.3) is 0 Å². The van der Waals surface area contributed by atoms with Crippen LogP contribution in [0.1, 0.15) is 30.0 Å². The molecule has 0 fully saturated rings. The van der Waals surface area contributed by atoms with Crippen LogP contribution in [0.4, 0.5) is 26.3 Å². The Morgan fingerprint density at radius 2 is 1.53 bits per heavy atom. The second-order valence-electron chi connectivity index (χ2n) is 7.69. The van der Waals surface area contributed by atoms with Crippen molar-refractivity contribution in [2.24, 2.45) is 5.41 Å². The molecular weight excluding hydrogens is 438 g/mol. The Labute approximate surface area is 178 Å². The Hall–Kier alpha value is -3.23. The number of aromatic hydroxyl groups is 1. The zero-order valence-corrected chi connectivity index (χ0v) is 16.8. The number of alkyl halides is 6. The lowest BCUT2D eigenvalue weighted by molar-refractivity contribution is -0.332. The van der Waals surface area contributed by atoms with Crippen molar-refractivity contribution in [2.75, 3.05) is 0 Å². The molecule has 1 N–H and O–H groups in total. The van der Waals surface area contributed by atoms with Crippen LogP contribution in [-0.2, 0) is 6.42 Å². The highest BCUT2D eigenvalue weighted by molar-refractivity contribution is 5.84. The monoisotopic (exact) mass is 456 g/mol. The van der Waals surface area contributed by atoms with Crippen LogP contribution < -0.4 is 5.63 Å². The van der Waals surface area contributed by atoms with E-state index in [-0.39, 0.29) is 41.4 Å². The average molecular weight is 456 g/mol. The standard InChI is InChI=1S/C23H18F6O3/c1-13(12-21(2,22(24,25)26)23(27,28)29)15-9-7-14(8-10-15)11-17-19(30)16-5-3-4-6-18(16)32-20(17)31/h3-10,30H,1,11-12H2,2H3. The third-order valence-corrected chi connectivity index (χ3v) is 5.44. The fourth-order valence-corrected chi connectivity index (χ4v) is 3.28. The van der Waals surface area contributed by atoms with Crippen LogP contribution in [0.15, 0.2) is 64.3 Å². The van der Waals surface area contributed by atoms with Crippen molar-refractivity contribution in [1.82, 2.24) is 0 Å². The minimum Gasteiger partial charge on any atom is -0.507 e. The van der Waals surface area contributed by atoms with E-state index in [1.165, 1.54) is 30.3 Å². The van der Waals surface area contributed by atoms with Crippen molar-refractivity contribution in [3.63, 3.8) is 0 Å². The van der Waals surface area contributed by atoms with Gasteiger partial charge in [0.05, 0.1) is 10.9 Å². The lowest BCUT2D eigenvalue weighted by Gasteiger charge is -2.34. The molecule has 0 aliphatic heterocycles. The number of fused-ring (bicyclic) bond motifs is 1. The summed E-state index contributed by atoms with van der Waals surface area (Å²) in [6.45, 7) is 3.51. The summed E-state index contributed by atoms with van der Waals surface area (Å²) in [5, 5.41) is 10.8. The molecule has 32 heavy (non-hydrogen) atoms. The first-order valence-electron chi connectivity index (χ1n) is 9.39. The van der Waals surface area contributed by atoms with Crippen LogP contribution in [0.2, 0.25) is 0 Å². The summed E-state index contributed by atoms with van der Waals surface area (Å²) in [6.07, 6.45) is -12.4. The van der Waals surface area contributed by atoms with E-state index < -0.39 is 29.8 Å². The van der Waals surface area contributed by atoms with Gasteiger partial charge in [-0.1, -0.05) is 43.0 Å². The van der Waals surface area contributed by atoms with Crippen LogP contribution >= 0.6 is 0 Å². The van der Waals surface area contributed by atoms with Gasteiger partial charge < -0.3 is 9.52 Å². The van der Waals surface area contributed by atoms with Gasteiger partial charge in [0.1, 0.15) is 11.3 Å². The summed E-state index contributed by atoms with van der Waals surface area (Å²) in [4.78, 5) is 12.2. The molecule has 0 atom stereocenters. The van der Waals surface area contributed by atoms with E-state index >= 15 is 0 Å². The maximum absolute atomic E-state index is 13.1. The van der Waals surface area contributed by atoms with Crippen LogP contribution in [-0.4, -0.2) is 17.5 Å². The number of allylic oxidation sites excluding steroid dienone is 1. The molecule has 0 saturated carbocycles. The predicted molar refractivity (Wildman–Crippen MR) is 107 cm³/mol. The van der Waals surface area contributed by atoms with Gasteiger partial charge in [-0.3, -0.25) is 0 Å². The lowest BCUT2D eigenvalue weighted by Crippen LogP contribution is -2.47. The van der Waals surface area contributed by atoms with E-state index in [2.05, 4.69) is 6.58 Å². The van der Waals surface area contributed by atoms with Crippen molar-refractivity contribution in [3.05, 3.63) is 82.2 Å². The van der Waals surface area contributed by atoms with E-state index in [0.717, 1.165) is 0 Å². The highest BCUT2D eigenvalue weighted by atomic mass is 19.4. The third kappa shape index (κ3) is 4.24. The Kier molecular flexibility index (Phi) is 5.88. The van der Waals surface area contributed by atoms with Crippen molar-refractivity contribution in [2.45, 2.75) is 32.1 Å². The van der Waals surface area contributed by atoms with Gasteiger partial charge >= 0.3 is 18.0 Å². The second kappa shape index (κ2) is 8.03. The van der Waals surface area contributed by atoms with Crippen molar-refractivity contribution in [1.29, 1.82) is 0 Å². The van der Waals surface area contributed by atoms with E-state index in [1.807, 2.05) is 0 Å². The molecule has 0 amide bonds. The topological polar surface area (TPSA) is 50.4 Å². The van der Waals surface area contributed by atoms with E-state index in [4.69, 9.17) is 4.42 Å². The molecule has 0 unspecified atom stereocenters. The number of hydrogen-bond donors (Lipinski definition) is 1. The molecule has 0 spiro atoms. The molecule has 0 radical (unpaired) electrons. The first-order valence-corrected chi connectivity index (χ1v) is 9.39. The van der Waals surface area contributed by atoms with Gasteiger partial charge in [0.2, 0.25) is 0 Å². The molecule has 9 heteroatoms. The van der Waals surface area contributed by atoms with Crippen LogP contribution in [0.3, 0.4) is 0 Å². The predicted octanol–water partition coefficient (Wildman–Crippen LogP) is 6.62. The van der Waals surface area contributed by atoms with Crippen LogP contribution in [0.5, 0.6) is 5.75 Å². The lowest BCUT2D eigenvalue weighted by atomic mass is 9.80. The fraction of sp³-hybridized carbons (Fsp3) is 0.261. The summed E-state index contributed by atoms with van der Waals surface area (Å²) in [6, 6.07) is 11.9. The van der Waals surface area contributed by atoms with E-state index in [1.54, 1.807) is 18.2 Å². The molecule has 3 nitrogen and oxygen atoms in total. The number of para-hydroxylation sites is 1. The van der Waals surface area contributed by atoms with Gasteiger partial charge in [0.15, 0.2) is 5.41 Å². The third-order valence-electron chi connectivity index (χ3n) is 5.44. The average Bonchev–Trinajstić information content (AvgIpc) is 2.70. The van der Waals surface area contributed by atoms with Crippen LogP contribution in [0, 0.1) is 5.41 Å². The number of benzene rings is 2. The van der Waals surface area contributed by atoms with Gasteiger partial charge in [-0.25, -0.2) is 4.79 Å². The molecule has 2 aromatic carbocycles. The van der Waals surface area contributed by atoms with Gasteiger partial charge in [0, 0.05) is 6.42 Å². The maximum atomic E-state index is 13.1. The summed E-state index contributed by atoms with van der Waals surface area (Å²) >= 11 is 0. The first-order chi connectivity index (χ1) is 14.7. The summed E-state index contributed by atoms with van der Waals surface area (Å²) in [5.41, 5.74) is -4.23. The zero-order valence-electron chi connectivity index (χ0n) is 16.8. The molecule has 3 rings (SSSR count). The quantitative estimate of drug-likeness (QED) is 0.347. The Bertz CT molecular complexity index is 1190. The Balaban J connectivity index is 1.85. The Morgan fingerprint density at radius 1 is 0.969 bits per heavy atom. The normalized spacial score (nSPS) is 12.8. The van der Waals surface area contributed by atoms with E-state index in [9.17, 15) is 36.2 Å². The minimum absolute atomic E-state index is 0.0167. The molecule has 0 aliphatic carbocycles. The molecule has 1 aromatic heterocycles. The number of hydrogen-bond acceptors (Lipinski definition) is 3. The summed E-state index contributed by atoms with van der Waals surface area (Å²) in [7, 11) is 0. The largest absolute Gasteiger partial charge is 0.507 e. The molecule has 0 saturated heterocycles. The second-order valence-corrected chi connectivity index (χ2v) is 7.69. The first kappa shape index (κ1) is 23.4. The highest BCUT2D eigenvalue weighted by Crippen LogP contribution is 2.54. The molecule has 0 bridgehead atoms. The summed E-state index contributed by atoms with van der Waals surface area (Å²) < 4.78 is 84.1. The molecule has 170 valence electrons. The zero-order chi connectivity index (χ0) is 23.9. The number of halogens is 6. The molecule has 1 heterocycles. The van der Waals surface area contributed by atoms with Crippen LogP contribution in [0.25, 0.3) is 16.5 Å². The molecule has 0 aliphatic rings. The van der Waals surface area contributed by atoms with Crippen molar-refractivity contribution in [3.8, 4) is 5.75 Å². The smallest absolute Gasteiger partial charge is 0.403 e. The van der Waals surface area contributed by atoms with Crippen molar-refractivity contribution < 1.29 is 35.9 Å². The fourth-order valence-electron chi connectivity index (χ4n) is 3.28. The van der Waals surface area contributed by atoms with Crippen molar-refractivity contribution >= 4 is 16.5 Å². The SMILES string of the molecule is C=C(CC(C)(C(F)(F)F)C(F)(F)F)c1ccc(Cc2c(O)c3ccccc3oc2=O)cc1. The highest BCUT2D eigenvalue weighted by Gasteiger charge is 2.67. The van der Waals surface area contributed by atoms with Gasteiger partial charge in [-0.2, -0.15) is 26.3 Å². The van der Waals surface area contributed by atoms with Gasteiger partial charge in [-0.15, -0.1) is 0 Å². The maximum Gasteiger partial charge on any atom is 0.403 e.